The maximum absolute atomic E-state index is 13.0. The molecule has 0 heterocycles. The van der Waals surface area contributed by atoms with E-state index in [-0.39, 0.29) is 28.7 Å². The highest BCUT2D eigenvalue weighted by Gasteiger charge is 2.28. The smallest absolute Gasteiger partial charge is 0.408 e. The quantitative estimate of drug-likeness (QED) is 0.191. The number of methoxy groups -OCH3 is 1. The highest BCUT2D eigenvalue weighted by Crippen LogP contribution is 2.34. The van der Waals surface area contributed by atoms with Crippen LogP contribution in [-0.4, -0.2) is 70.8 Å². The number of alkyl carbamates (subject to hydrolysis) is 1. The second kappa shape index (κ2) is 13.5. The number of hydrogen-bond donors (Lipinski definition) is 6. The van der Waals surface area contributed by atoms with Crippen molar-refractivity contribution in [2.45, 2.75) is 44.9 Å². The molecule has 0 aliphatic carbocycles. The summed E-state index contributed by atoms with van der Waals surface area (Å²) < 4.78 is 10.1. The van der Waals surface area contributed by atoms with Crippen molar-refractivity contribution in [3.05, 3.63) is 52.5 Å². The summed E-state index contributed by atoms with van der Waals surface area (Å²) in [5.74, 6) is -1.67. The van der Waals surface area contributed by atoms with Crippen LogP contribution in [0.15, 0.2) is 41.5 Å². The molecule has 12 nitrogen and oxygen atoms in total. The predicted molar refractivity (Wildman–Crippen MR) is 139 cm³/mol. The summed E-state index contributed by atoms with van der Waals surface area (Å²) in [6.07, 6.45) is 0.335. The van der Waals surface area contributed by atoms with Crippen molar-refractivity contribution >= 4 is 35.7 Å². The summed E-state index contributed by atoms with van der Waals surface area (Å²) >= 11 is 5.96. The fraction of sp³-hybridized carbons (Fsp3) is 0.360. The van der Waals surface area contributed by atoms with Gasteiger partial charge >= 0.3 is 6.09 Å². The summed E-state index contributed by atoms with van der Waals surface area (Å²) in [6.45, 7) is 4.17. The van der Waals surface area contributed by atoms with Gasteiger partial charge in [-0.05, 0) is 56.2 Å². The Morgan fingerprint density at radius 3 is 2.29 bits per heavy atom. The molecule has 2 aromatic carbocycles. The van der Waals surface area contributed by atoms with Crippen LogP contribution in [0.2, 0.25) is 5.02 Å². The van der Waals surface area contributed by atoms with Crippen molar-refractivity contribution in [2.24, 2.45) is 5.10 Å². The molecule has 6 N–H and O–H groups in total. The van der Waals surface area contributed by atoms with Gasteiger partial charge in [-0.15, -0.1) is 0 Å². The predicted octanol–water partition coefficient (Wildman–Crippen LogP) is 1.82. The number of halogens is 1. The molecule has 38 heavy (non-hydrogen) atoms. The van der Waals surface area contributed by atoms with Crippen molar-refractivity contribution < 1.29 is 39.2 Å². The molecule has 0 saturated heterocycles. The largest absolute Gasteiger partial charge is 0.508 e. The third-order valence-corrected chi connectivity index (χ3v) is 5.15. The van der Waals surface area contributed by atoms with Gasteiger partial charge in [-0.1, -0.05) is 23.7 Å². The van der Waals surface area contributed by atoms with E-state index in [1.807, 2.05) is 0 Å². The molecular weight excluding hydrogens is 520 g/mol. The molecule has 2 atom stereocenters. The summed E-state index contributed by atoms with van der Waals surface area (Å²) in [7, 11) is 1.35. The molecule has 0 aliphatic heterocycles. The number of phenolic OH excluding ortho intramolecular Hbond substituents is 2. The number of nitrogens with zero attached hydrogens (tertiary/aromatic N) is 1. The van der Waals surface area contributed by atoms with Crippen LogP contribution in [0, 0.1) is 0 Å². The van der Waals surface area contributed by atoms with Crippen LogP contribution in [0.4, 0.5) is 4.79 Å². The van der Waals surface area contributed by atoms with Crippen LogP contribution in [0.25, 0.3) is 0 Å². The number of carbonyl (C=O) groups is 3. The molecule has 0 spiro atoms. The second-order valence-corrected chi connectivity index (χ2v) is 9.51. The number of amides is 3. The number of nitrogens with one attached hydrogen (secondary N) is 3. The average molecular weight is 551 g/mol. The minimum Gasteiger partial charge on any atom is -0.508 e. The van der Waals surface area contributed by atoms with Gasteiger partial charge in [0.2, 0.25) is 5.91 Å². The molecule has 3 amide bonds. The first-order valence-corrected chi connectivity index (χ1v) is 11.8. The minimum atomic E-state index is -1.39. The molecular formula is C25H31ClN4O8. The van der Waals surface area contributed by atoms with Crippen molar-refractivity contribution in [1.82, 2.24) is 16.1 Å². The van der Waals surface area contributed by atoms with E-state index < -0.39 is 42.2 Å². The van der Waals surface area contributed by atoms with Gasteiger partial charge < -0.3 is 35.4 Å². The zero-order chi connectivity index (χ0) is 28.5. The minimum absolute atomic E-state index is 0.00315. The number of ether oxygens (including phenoxy) is 2. The first-order valence-electron chi connectivity index (χ1n) is 11.4. The number of aliphatic hydroxyl groups excluding tert-OH is 1. The maximum atomic E-state index is 13.0. The van der Waals surface area contributed by atoms with Gasteiger partial charge in [0, 0.05) is 6.42 Å². The normalized spacial score (nSPS) is 12.9. The Balaban J connectivity index is 2.18. The molecule has 206 valence electrons. The molecule has 2 aromatic rings. The molecule has 0 unspecified atom stereocenters. The van der Waals surface area contributed by atoms with Gasteiger partial charge in [-0.2, -0.15) is 5.10 Å². The SMILES string of the molecule is COc1cc(/C=N\NC(=O)[C@H](Cc2ccc(O)cc2)NC(=O)[C@H](CO)NC(=O)OC(C)(C)C)cc(Cl)c1O. The zero-order valence-electron chi connectivity index (χ0n) is 21.3. The fourth-order valence-electron chi connectivity index (χ4n) is 3.07. The third kappa shape index (κ3) is 9.45. The van der Waals surface area contributed by atoms with Crippen molar-refractivity contribution in [3.8, 4) is 17.2 Å². The number of carbonyl (C=O) groups excluding carboxylic acids is 3. The first kappa shape index (κ1) is 30.2. The van der Waals surface area contributed by atoms with E-state index in [4.69, 9.17) is 21.1 Å². The molecule has 0 fully saturated rings. The van der Waals surface area contributed by atoms with Gasteiger partial charge in [0.05, 0.1) is 25.0 Å². The molecule has 0 saturated carbocycles. The number of hydrogen-bond acceptors (Lipinski definition) is 9. The van der Waals surface area contributed by atoms with Gasteiger partial charge in [0.1, 0.15) is 23.4 Å². The third-order valence-electron chi connectivity index (χ3n) is 4.86. The molecule has 0 bridgehead atoms. The average Bonchev–Trinajstić information content (AvgIpc) is 2.84. The van der Waals surface area contributed by atoms with Crippen LogP contribution < -0.4 is 20.8 Å². The lowest BCUT2D eigenvalue weighted by Crippen LogP contribution is -2.55. The molecule has 2 rings (SSSR count). The van der Waals surface area contributed by atoms with Crippen molar-refractivity contribution in [1.29, 1.82) is 0 Å². The van der Waals surface area contributed by atoms with Gasteiger partial charge in [0.25, 0.3) is 5.91 Å². The molecule has 0 aromatic heterocycles. The Bertz CT molecular complexity index is 1170. The Labute approximate surface area is 224 Å². The number of aromatic hydroxyl groups is 2. The molecule has 13 heteroatoms. The summed E-state index contributed by atoms with van der Waals surface area (Å²) in [5, 5.41) is 37.7. The maximum Gasteiger partial charge on any atom is 0.408 e. The van der Waals surface area contributed by atoms with Gasteiger partial charge in [0.15, 0.2) is 11.5 Å². The van der Waals surface area contributed by atoms with E-state index >= 15 is 0 Å². The Kier molecular flexibility index (Phi) is 10.7. The van der Waals surface area contributed by atoms with E-state index in [0.29, 0.717) is 11.1 Å². The standard InChI is InChI=1S/C25H31ClN4O8/c1-25(2,3)38-24(36)29-19(13-31)22(34)28-18(10-14-5-7-16(32)8-6-14)23(35)30-27-12-15-9-17(26)21(33)20(11-15)37-4/h5-9,11-12,18-19,31-33H,10,13H2,1-4H3,(H,28,34)(H,29,36)(H,30,35)/b27-12-/t18-,19-/m0/s1. The lowest BCUT2D eigenvalue weighted by atomic mass is 10.0. The highest BCUT2D eigenvalue weighted by atomic mass is 35.5. The molecule has 0 radical (unpaired) electrons. The summed E-state index contributed by atoms with van der Waals surface area (Å²) in [5.41, 5.74) is 2.49. The second-order valence-electron chi connectivity index (χ2n) is 9.10. The van der Waals surface area contributed by atoms with Gasteiger partial charge in [-0.3, -0.25) is 9.59 Å². The Morgan fingerprint density at radius 1 is 1.05 bits per heavy atom. The highest BCUT2D eigenvalue weighted by molar-refractivity contribution is 6.32. The van der Waals surface area contributed by atoms with Crippen molar-refractivity contribution in [2.75, 3.05) is 13.7 Å². The van der Waals surface area contributed by atoms with E-state index in [1.165, 1.54) is 37.6 Å². The number of aliphatic hydroxyl groups is 1. The van der Waals surface area contributed by atoms with Crippen molar-refractivity contribution in [3.63, 3.8) is 0 Å². The van der Waals surface area contributed by atoms with E-state index in [0.717, 1.165) is 0 Å². The molecule has 0 aliphatic rings. The van der Waals surface area contributed by atoms with Crippen LogP contribution in [0.5, 0.6) is 17.2 Å². The number of benzene rings is 2. The lowest BCUT2D eigenvalue weighted by molar-refractivity contribution is -0.130. The van der Waals surface area contributed by atoms with Crippen LogP contribution in [0.3, 0.4) is 0 Å². The fourth-order valence-corrected chi connectivity index (χ4v) is 3.28. The number of hydrazone groups is 1. The Morgan fingerprint density at radius 2 is 1.71 bits per heavy atom. The van der Waals surface area contributed by atoms with Crippen LogP contribution in [-0.2, 0) is 20.7 Å². The van der Waals surface area contributed by atoms with Crippen LogP contribution in [0.1, 0.15) is 31.9 Å². The monoisotopic (exact) mass is 550 g/mol. The van der Waals surface area contributed by atoms with E-state index in [9.17, 15) is 29.7 Å². The number of phenols is 2. The van der Waals surface area contributed by atoms with E-state index in [2.05, 4.69) is 21.2 Å². The summed E-state index contributed by atoms with van der Waals surface area (Å²) in [6, 6.07) is 6.25. The topological polar surface area (TPSA) is 179 Å². The number of rotatable bonds is 10. The van der Waals surface area contributed by atoms with Gasteiger partial charge in [-0.25, -0.2) is 10.2 Å². The Hall–Kier alpha value is -4.03. The van der Waals surface area contributed by atoms with Crippen LogP contribution >= 0.6 is 11.6 Å². The van der Waals surface area contributed by atoms with E-state index in [1.54, 1.807) is 32.9 Å². The summed E-state index contributed by atoms with van der Waals surface area (Å²) in [4.78, 5) is 37.8. The first-order chi connectivity index (χ1) is 17.8. The lowest BCUT2D eigenvalue weighted by Gasteiger charge is -2.24. The zero-order valence-corrected chi connectivity index (χ0v) is 22.1.